The van der Waals surface area contributed by atoms with Crippen LogP contribution in [0.1, 0.15) is 20.3 Å². The minimum atomic E-state index is -0.510. The van der Waals surface area contributed by atoms with Gasteiger partial charge in [-0.25, -0.2) is 10.8 Å². The fourth-order valence-corrected chi connectivity index (χ4v) is 1.67. The van der Waals surface area contributed by atoms with Crippen molar-refractivity contribution in [2.24, 2.45) is 11.8 Å². The summed E-state index contributed by atoms with van der Waals surface area (Å²) in [4.78, 5) is 14.4. The predicted octanol–water partition coefficient (Wildman–Crippen LogP) is 1.09. The molecule has 5 N–H and O–H groups in total. The first kappa shape index (κ1) is 15.1. The van der Waals surface area contributed by atoms with Crippen LogP contribution in [-0.2, 0) is 0 Å². The van der Waals surface area contributed by atoms with E-state index in [0.717, 1.165) is 0 Å². The van der Waals surface area contributed by atoms with E-state index < -0.39 is 4.92 Å². The van der Waals surface area contributed by atoms with Gasteiger partial charge < -0.3 is 15.8 Å². The highest BCUT2D eigenvalue weighted by Crippen LogP contribution is 2.22. The Morgan fingerprint density at radius 3 is 2.58 bits per heavy atom. The number of hydrogen-bond acceptors (Lipinski definition) is 7. The molecule has 0 aliphatic carbocycles. The molecule has 8 nitrogen and oxygen atoms in total. The standard InChI is InChI=1S/C11H19N5O3/c1-7(2)9(3-4-17)13-10-5-8(16(18)19)6-11(14-10)15-12/h5-7,9,17H,3-4,12H2,1-2H3,(H2,13,14,15). The summed E-state index contributed by atoms with van der Waals surface area (Å²) in [6, 6.07) is 2.57. The Hall–Kier alpha value is -1.93. The minimum absolute atomic E-state index is 0.0230. The zero-order valence-corrected chi connectivity index (χ0v) is 11.0. The molecular weight excluding hydrogens is 250 g/mol. The largest absolute Gasteiger partial charge is 0.396 e. The van der Waals surface area contributed by atoms with Crippen molar-refractivity contribution in [2.45, 2.75) is 26.3 Å². The average molecular weight is 269 g/mol. The Kier molecular flexibility index (Phi) is 5.46. The maximum absolute atomic E-state index is 10.8. The predicted molar refractivity (Wildman–Crippen MR) is 72.7 cm³/mol. The van der Waals surface area contributed by atoms with E-state index in [1.54, 1.807) is 0 Å². The second-order valence-corrected chi connectivity index (χ2v) is 4.50. The molecule has 8 heteroatoms. The zero-order chi connectivity index (χ0) is 14.4. The number of nitrogens with one attached hydrogen (secondary N) is 2. The molecule has 0 aliphatic rings. The lowest BCUT2D eigenvalue weighted by Gasteiger charge is -2.22. The molecule has 19 heavy (non-hydrogen) atoms. The number of nitrogen functional groups attached to an aromatic ring is 1. The van der Waals surface area contributed by atoms with E-state index in [2.05, 4.69) is 15.7 Å². The van der Waals surface area contributed by atoms with Gasteiger partial charge in [0.05, 0.1) is 17.1 Å². The van der Waals surface area contributed by atoms with Crippen molar-refractivity contribution < 1.29 is 10.0 Å². The molecule has 0 bridgehead atoms. The summed E-state index contributed by atoms with van der Waals surface area (Å²) in [5, 5.41) is 22.9. The quantitative estimate of drug-likeness (QED) is 0.331. The number of aliphatic hydroxyl groups excluding tert-OH is 1. The van der Waals surface area contributed by atoms with Gasteiger partial charge in [0.15, 0.2) is 0 Å². The Bertz CT molecular complexity index is 438. The third-order valence-corrected chi connectivity index (χ3v) is 2.75. The van der Waals surface area contributed by atoms with Crippen molar-refractivity contribution in [2.75, 3.05) is 17.3 Å². The summed E-state index contributed by atoms with van der Waals surface area (Å²) < 4.78 is 0. The van der Waals surface area contributed by atoms with Gasteiger partial charge in [-0.2, -0.15) is 0 Å². The van der Waals surface area contributed by atoms with Crippen LogP contribution in [0.4, 0.5) is 17.3 Å². The van der Waals surface area contributed by atoms with Gasteiger partial charge in [-0.05, 0) is 12.3 Å². The maximum atomic E-state index is 10.8. The fraction of sp³-hybridized carbons (Fsp3) is 0.545. The van der Waals surface area contributed by atoms with Crippen LogP contribution in [0.3, 0.4) is 0 Å². The molecule has 0 aromatic carbocycles. The van der Waals surface area contributed by atoms with Gasteiger partial charge in [0.2, 0.25) is 0 Å². The third-order valence-electron chi connectivity index (χ3n) is 2.75. The molecule has 0 spiro atoms. The van der Waals surface area contributed by atoms with Gasteiger partial charge in [0.1, 0.15) is 11.6 Å². The number of nitrogens with two attached hydrogens (primary N) is 1. The molecule has 0 aliphatic heterocycles. The Morgan fingerprint density at radius 2 is 2.11 bits per heavy atom. The van der Waals surface area contributed by atoms with E-state index in [-0.39, 0.29) is 30.1 Å². The molecule has 0 radical (unpaired) electrons. The highest BCUT2D eigenvalue weighted by molar-refractivity contribution is 5.54. The van der Waals surface area contributed by atoms with E-state index in [0.29, 0.717) is 12.2 Å². The molecule has 106 valence electrons. The molecule has 0 fully saturated rings. The third kappa shape index (κ3) is 4.34. The summed E-state index contributed by atoms with van der Waals surface area (Å²) >= 11 is 0. The number of rotatable bonds is 7. The summed E-state index contributed by atoms with van der Waals surface area (Å²) in [7, 11) is 0. The van der Waals surface area contributed by atoms with Gasteiger partial charge in [0.25, 0.3) is 5.69 Å². The summed E-state index contributed by atoms with van der Waals surface area (Å²) in [6.45, 7) is 4.02. The van der Waals surface area contributed by atoms with Gasteiger partial charge >= 0.3 is 0 Å². The highest BCUT2D eigenvalue weighted by Gasteiger charge is 2.16. The summed E-state index contributed by atoms with van der Waals surface area (Å²) in [5.74, 6) is 6.05. The van der Waals surface area contributed by atoms with Gasteiger partial charge in [-0.3, -0.25) is 10.1 Å². The normalized spacial score (nSPS) is 12.3. The second-order valence-electron chi connectivity index (χ2n) is 4.50. The van der Waals surface area contributed by atoms with Crippen molar-refractivity contribution in [1.82, 2.24) is 4.98 Å². The molecule has 0 saturated heterocycles. The first-order chi connectivity index (χ1) is 8.97. The molecular formula is C11H19N5O3. The van der Waals surface area contributed by atoms with Gasteiger partial charge in [-0.1, -0.05) is 13.8 Å². The van der Waals surface area contributed by atoms with Crippen molar-refractivity contribution >= 4 is 17.3 Å². The number of anilines is 2. The smallest absolute Gasteiger partial charge is 0.276 e. The molecule has 1 heterocycles. The molecule has 0 amide bonds. The highest BCUT2D eigenvalue weighted by atomic mass is 16.6. The van der Waals surface area contributed by atoms with Crippen LogP contribution in [0.25, 0.3) is 0 Å². The van der Waals surface area contributed by atoms with Crippen LogP contribution in [0.2, 0.25) is 0 Å². The van der Waals surface area contributed by atoms with Crippen LogP contribution >= 0.6 is 0 Å². The Balaban J connectivity index is 2.98. The first-order valence-corrected chi connectivity index (χ1v) is 5.98. The number of hydrogen-bond donors (Lipinski definition) is 4. The van der Waals surface area contributed by atoms with Crippen molar-refractivity contribution in [3.05, 3.63) is 22.2 Å². The Morgan fingerprint density at radius 1 is 1.47 bits per heavy atom. The van der Waals surface area contributed by atoms with Gasteiger partial charge in [-0.15, -0.1) is 0 Å². The van der Waals surface area contributed by atoms with E-state index in [4.69, 9.17) is 10.9 Å². The number of nitro groups is 1. The Labute approximate surface area is 111 Å². The number of aromatic nitrogens is 1. The zero-order valence-electron chi connectivity index (χ0n) is 11.0. The van der Waals surface area contributed by atoms with Crippen LogP contribution in [0.15, 0.2) is 12.1 Å². The average Bonchev–Trinajstić information content (AvgIpc) is 2.37. The summed E-state index contributed by atoms with van der Waals surface area (Å²) in [6.07, 6.45) is 0.535. The van der Waals surface area contributed by atoms with E-state index in [1.165, 1.54) is 12.1 Å². The lowest BCUT2D eigenvalue weighted by Crippen LogP contribution is -2.27. The number of pyridine rings is 1. The number of aliphatic hydroxyl groups is 1. The second kappa shape index (κ2) is 6.86. The van der Waals surface area contributed by atoms with Crippen LogP contribution in [0.5, 0.6) is 0 Å². The molecule has 1 rings (SSSR count). The van der Waals surface area contributed by atoms with Crippen LogP contribution in [-0.4, -0.2) is 27.7 Å². The summed E-state index contributed by atoms with van der Waals surface area (Å²) in [5.41, 5.74) is 2.19. The van der Waals surface area contributed by atoms with Crippen LogP contribution < -0.4 is 16.6 Å². The van der Waals surface area contributed by atoms with Gasteiger partial charge in [0, 0.05) is 12.6 Å². The lowest BCUT2D eigenvalue weighted by molar-refractivity contribution is -0.384. The number of nitrogens with zero attached hydrogens (tertiary/aromatic N) is 2. The topological polar surface area (TPSA) is 126 Å². The monoisotopic (exact) mass is 269 g/mol. The molecule has 1 aromatic heterocycles. The lowest BCUT2D eigenvalue weighted by atomic mass is 10.0. The van der Waals surface area contributed by atoms with Crippen LogP contribution in [0, 0.1) is 16.0 Å². The maximum Gasteiger partial charge on any atom is 0.276 e. The fourth-order valence-electron chi connectivity index (χ4n) is 1.67. The number of hydrazine groups is 1. The minimum Gasteiger partial charge on any atom is -0.396 e. The van der Waals surface area contributed by atoms with Crippen molar-refractivity contribution in [1.29, 1.82) is 0 Å². The van der Waals surface area contributed by atoms with Crippen molar-refractivity contribution in [3.8, 4) is 0 Å². The van der Waals surface area contributed by atoms with Crippen molar-refractivity contribution in [3.63, 3.8) is 0 Å². The van der Waals surface area contributed by atoms with E-state index in [9.17, 15) is 10.1 Å². The van der Waals surface area contributed by atoms with E-state index in [1.807, 2.05) is 13.8 Å². The SMILES string of the molecule is CC(C)C(CCO)Nc1cc([N+](=O)[O-])cc(NN)n1. The van der Waals surface area contributed by atoms with E-state index >= 15 is 0 Å². The molecule has 1 unspecified atom stereocenters. The molecule has 1 atom stereocenters. The molecule has 1 aromatic rings. The first-order valence-electron chi connectivity index (χ1n) is 5.98. The molecule has 0 saturated carbocycles.